The van der Waals surface area contributed by atoms with Crippen LogP contribution in [0.1, 0.15) is 10.5 Å². The van der Waals surface area contributed by atoms with Crippen molar-refractivity contribution < 1.29 is 13.2 Å². The molecule has 112 valence electrons. The number of sulfonamides is 1. The molecule has 0 saturated carbocycles. The van der Waals surface area contributed by atoms with Gasteiger partial charge >= 0.3 is 0 Å². The van der Waals surface area contributed by atoms with Crippen LogP contribution in [0.3, 0.4) is 0 Å². The van der Waals surface area contributed by atoms with Crippen LogP contribution in [0.2, 0.25) is 0 Å². The Hall–Kier alpha value is -1.16. The monoisotopic (exact) mass is 435 g/mol. The molecule has 6 nitrogen and oxygen atoms in total. The molecule has 9 heteroatoms. The number of aryl methyl sites for hydroxylation is 1. The predicted octanol–water partition coefficient (Wildman–Crippen LogP) is 2.17. The summed E-state index contributed by atoms with van der Waals surface area (Å²) in [6, 6.07) is 7.75. The zero-order chi connectivity index (χ0) is 15.6. The molecule has 0 bridgehead atoms. The molecule has 1 aromatic carbocycles. The van der Waals surface area contributed by atoms with Gasteiger partial charge in [0.05, 0.1) is 4.90 Å². The van der Waals surface area contributed by atoms with Crippen molar-refractivity contribution in [2.24, 2.45) is 7.05 Å². The molecule has 0 radical (unpaired) electrons. The Morgan fingerprint density at radius 1 is 1.19 bits per heavy atom. The second-order valence-corrected chi connectivity index (χ2v) is 7.69. The third-order valence-electron chi connectivity index (χ3n) is 2.61. The minimum Gasteiger partial charge on any atom is -0.345 e. The summed E-state index contributed by atoms with van der Waals surface area (Å²) < 4.78 is 27.0. The minimum atomic E-state index is -3.82. The third-order valence-corrected chi connectivity index (χ3v) is 4.78. The predicted molar refractivity (Wildman–Crippen MR) is 85.0 cm³/mol. The second-order valence-electron chi connectivity index (χ2n) is 4.17. The fourth-order valence-electron chi connectivity index (χ4n) is 1.62. The molecule has 1 amide bonds. The van der Waals surface area contributed by atoms with Gasteiger partial charge in [0.25, 0.3) is 15.9 Å². The largest absolute Gasteiger partial charge is 0.345 e. The summed E-state index contributed by atoms with van der Waals surface area (Å²) in [5.41, 5.74) is 2.50. The van der Waals surface area contributed by atoms with Gasteiger partial charge in [-0.1, -0.05) is 22.0 Å². The molecule has 0 atom stereocenters. The Morgan fingerprint density at radius 2 is 1.90 bits per heavy atom. The van der Waals surface area contributed by atoms with E-state index in [2.05, 4.69) is 42.1 Å². The smallest absolute Gasteiger partial charge is 0.282 e. The van der Waals surface area contributed by atoms with E-state index in [0.717, 1.165) is 4.47 Å². The molecule has 21 heavy (non-hydrogen) atoms. The molecule has 0 fully saturated rings. The van der Waals surface area contributed by atoms with Crippen molar-refractivity contribution in [3.05, 3.63) is 51.2 Å². The fourth-order valence-corrected chi connectivity index (χ4v) is 3.58. The lowest BCUT2D eigenvalue weighted by atomic mass is 10.4. The summed E-state index contributed by atoms with van der Waals surface area (Å²) in [4.78, 5) is 14.0. The second kappa shape index (κ2) is 6.30. The summed E-state index contributed by atoms with van der Waals surface area (Å²) >= 11 is 6.44. The van der Waals surface area contributed by atoms with Gasteiger partial charge in [0.15, 0.2) is 0 Å². The number of halogens is 2. The molecule has 2 rings (SSSR count). The number of benzene rings is 1. The van der Waals surface area contributed by atoms with Crippen LogP contribution in [0.5, 0.6) is 0 Å². The quantitative estimate of drug-likeness (QED) is 0.720. The number of nitrogens with one attached hydrogen (secondary N) is 2. The highest BCUT2D eigenvalue weighted by Gasteiger charge is 2.17. The molecule has 0 spiro atoms. The van der Waals surface area contributed by atoms with E-state index in [9.17, 15) is 13.2 Å². The number of amides is 1. The van der Waals surface area contributed by atoms with Gasteiger partial charge in [-0.15, -0.1) is 4.83 Å². The van der Waals surface area contributed by atoms with Crippen LogP contribution in [-0.2, 0) is 17.1 Å². The molecule has 0 aliphatic heterocycles. The van der Waals surface area contributed by atoms with Crippen LogP contribution < -0.4 is 10.3 Å². The van der Waals surface area contributed by atoms with E-state index in [0.29, 0.717) is 10.2 Å². The summed E-state index contributed by atoms with van der Waals surface area (Å²) in [5, 5.41) is 0. The van der Waals surface area contributed by atoms with Crippen LogP contribution in [0.4, 0.5) is 0 Å². The van der Waals surface area contributed by atoms with Crippen LogP contribution in [0.25, 0.3) is 0 Å². The van der Waals surface area contributed by atoms with Crippen LogP contribution in [0, 0.1) is 0 Å². The van der Waals surface area contributed by atoms with Crippen molar-refractivity contribution in [3.8, 4) is 0 Å². The van der Waals surface area contributed by atoms with E-state index in [1.54, 1.807) is 36.0 Å². The number of aromatic nitrogens is 1. The Kier molecular flexibility index (Phi) is 4.87. The van der Waals surface area contributed by atoms with Gasteiger partial charge in [0.2, 0.25) is 0 Å². The third kappa shape index (κ3) is 3.94. The van der Waals surface area contributed by atoms with Crippen LogP contribution >= 0.6 is 31.9 Å². The highest BCUT2D eigenvalue weighted by atomic mass is 79.9. The first kappa shape index (κ1) is 16.2. The van der Waals surface area contributed by atoms with Gasteiger partial charge in [-0.2, -0.15) is 0 Å². The van der Waals surface area contributed by atoms with Gasteiger partial charge in [-0.05, 0) is 40.2 Å². The number of nitrogens with zero attached hydrogens (tertiary/aromatic N) is 1. The lowest BCUT2D eigenvalue weighted by molar-refractivity contribution is 0.0937. The van der Waals surface area contributed by atoms with Crippen LogP contribution in [-0.4, -0.2) is 18.9 Å². The average Bonchev–Trinajstić information content (AvgIpc) is 2.75. The maximum Gasteiger partial charge on any atom is 0.282 e. The van der Waals surface area contributed by atoms with E-state index in [4.69, 9.17) is 0 Å². The van der Waals surface area contributed by atoms with Gasteiger partial charge < -0.3 is 4.57 Å². The highest BCUT2D eigenvalue weighted by Crippen LogP contribution is 2.16. The summed E-state index contributed by atoms with van der Waals surface area (Å²) in [5.74, 6) is -0.554. The van der Waals surface area contributed by atoms with Crippen LogP contribution in [0.15, 0.2) is 50.4 Å². The topological polar surface area (TPSA) is 80.2 Å². The van der Waals surface area contributed by atoms with Crippen molar-refractivity contribution in [2.45, 2.75) is 4.90 Å². The number of hydrogen-bond acceptors (Lipinski definition) is 3. The summed E-state index contributed by atoms with van der Waals surface area (Å²) in [6.45, 7) is 0. The van der Waals surface area contributed by atoms with Gasteiger partial charge in [-0.25, -0.2) is 8.42 Å². The van der Waals surface area contributed by atoms with Crippen molar-refractivity contribution in [3.63, 3.8) is 0 Å². The maximum atomic E-state index is 12.0. The zero-order valence-corrected chi connectivity index (χ0v) is 14.8. The van der Waals surface area contributed by atoms with Crippen molar-refractivity contribution in [1.29, 1.82) is 0 Å². The summed E-state index contributed by atoms with van der Waals surface area (Å²) in [6.07, 6.45) is 1.69. The molecule has 1 heterocycles. The Balaban J connectivity index is 2.12. The molecule has 0 aliphatic rings. The van der Waals surface area contributed by atoms with E-state index in [-0.39, 0.29) is 4.90 Å². The van der Waals surface area contributed by atoms with Gasteiger partial charge in [-0.3, -0.25) is 10.2 Å². The molecule has 0 unspecified atom stereocenters. The van der Waals surface area contributed by atoms with Gasteiger partial charge in [0.1, 0.15) is 5.69 Å². The van der Waals surface area contributed by atoms with E-state index >= 15 is 0 Å². The minimum absolute atomic E-state index is 0.0465. The Labute approximate surface area is 138 Å². The SMILES string of the molecule is Cn1cc(Br)cc1C(=O)NNS(=O)(=O)c1cccc(Br)c1. The molecule has 0 aliphatic carbocycles. The Bertz CT molecular complexity index is 787. The standard InChI is InChI=1S/C12H11Br2N3O3S/c1-17-7-9(14)6-11(17)12(18)15-16-21(19,20)10-4-2-3-8(13)5-10/h2-7,16H,1H3,(H,15,18). The van der Waals surface area contributed by atoms with Crippen molar-refractivity contribution in [2.75, 3.05) is 0 Å². The molecular weight excluding hydrogens is 426 g/mol. The van der Waals surface area contributed by atoms with Gasteiger partial charge in [0, 0.05) is 22.2 Å². The molecule has 2 aromatic rings. The average molecular weight is 437 g/mol. The molecular formula is C12H11Br2N3O3S. The fraction of sp³-hybridized carbons (Fsp3) is 0.0833. The molecule has 1 aromatic heterocycles. The first-order chi connectivity index (χ1) is 9.79. The lowest BCUT2D eigenvalue weighted by Crippen LogP contribution is -2.42. The Morgan fingerprint density at radius 3 is 2.48 bits per heavy atom. The molecule has 0 saturated heterocycles. The van der Waals surface area contributed by atoms with Crippen molar-refractivity contribution in [1.82, 2.24) is 14.8 Å². The lowest BCUT2D eigenvalue weighted by Gasteiger charge is -2.09. The summed E-state index contributed by atoms with van der Waals surface area (Å²) in [7, 11) is -2.14. The number of carbonyl (C=O) groups excluding carboxylic acids is 1. The number of carbonyl (C=O) groups is 1. The first-order valence-electron chi connectivity index (χ1n) is 5.69. The number of hydrazine groups is 1. The normalized spacial score (nSPS) is 11.4. The van der Waals surface area contributed by atoms with E-state index in [1.165, 1.54) is 12.1 Å². The molecule has 2 N–H and O–H groups in total. The van der Waals surface area contributed by atoms with E-state index < -0.39 is 15.9 Å². The highest BCUT2D eigenvalue weighted by molar-refractivity contribution is 9.10. The number of hydrogen-bond donors (Lipinski definition) is 2. The van der Waals surface area contributed by atoms with E-state index in [1.807, 2.05) is 0 Å². The maximum absolute atomic E-state index is 12.0. The van der Waals surface area contributed by atoms with Crippen molar-refractivity contribution >= 4 is 47.8 Å². The number of rotatable bonds is 4. The first-order valence-corrected chi connectivity index (χ1v) is 8.76. The zero-order valence-electron chi connectivity index (χ0n) is 10.8.